The molecule has 3 aromatic carbocycles. The Kier molecular flexibility index (Phi) is 7.37. The molecular formula is C33H21ClF4N6O2. The SMILES string of the molecule is C=Cc1ccc(Cl)c([C@@]2(CC)NC(=O)c3cc(-c4ccc5ncnn5c4C#N)cc(NC(=O)c4cc(F)cc(C(F)(F)F)c4)c32)c1. The number of carbonyl (C=O) groups excluding carboxylic acids is 2. The Hall–Kier alpha value is -5.54. The highest BCUT2D eigenvalue weighted by Gasteiger charge is 2.47. The summed E-state index contributed by atoms with van der Waals surface area (Å²) < 4.78 is 56.1. The lowest BCUT2D eigenvalue weighted by Crippen LogP contribution is -2.40. The molecule has 0 bridgehead atoms. The second-order valence-corrected chi connectivity index (χ2v) is 10.9. The summed E-state index contributed by atoms with van der Waals surface area (Å²) in [7, 11) is 0. The van der Waals surface area contributed by atoms with E-state index in [-0.39, 0.29) is 35.0 Å². The van der Waals surface area contributed by atoms with E-state index in [0.29, 0.717) is 45.1 Å². The summed E-state index contributed by atoms with van der Waals surface area (Å²) in [6.07, 6.45) is -1.81. The summed E-state index contributed by atoms with van der Waals surface area (Å²) in [5, 5.41) is 20.1. The van der Waals surface area contributed by atoms with Crippen molar-refractivity contribution < 1.29 is 27.2 Å². The number of pyridine rings is 1. The third-order valence-electron chi connectivity index (χ3n) is 7.95. The number of halogens is 5. The first-order valence-electron chi connectivity index (χ1n) is 13.8. The summed E-state index contributed by atoms with van der Waals surface area (Å²) in [5.41, 5.74) is -0.537. The zero-order chi connectivity index (χ0) is 33.0. The molecule has 0 fully saturated rings. The molecule has 0 saturated carbocycles. The number of hydrogen-bond donors (Lipinski definition) is 2. The third-order valence-corrected chi connectivity index (χ3v) is 8.28. The minimum atomic E-state index is -4.91. The molecule has 2 N–H and O–H groups in total. The van der Waals surface area contributed by atoms with E-state index in [0.717, 1.165) is 0 Å². The molecule has 0 spiro atoms. The van der Waals surface area contributed by atoms with Gasteiger partial charge >= 0.3 is 6.18 Å². The van der Waals surface area contributed by atoms with Crippen LogP contribution in [0, 0.1) is 17.1 Å². The number of hydrogen-bond acceptors (Lipinski definition) is 5. The van der Waals surface area contributed by atoms with E-state index < -0.39 is 40.5 Å². The number of carbonyl (C=O) groups is 2. The van der Waals surface area contributed by atoms with E-state index in [1.54, 1.807) is 49.4 Å². The Morgan fingerprint density at radius 1 is 1.15 bits per heavy atom. The van der Waals surface area contributed by atoms with Gasteiger partial charge in [-0.25, -0.2) is 13.9 Å². The van der Waals surface area contributed by atoms with Crippen molar-refractivity contribution in [1.29, 1.82) is 5.26 Å². The van der Waals surface area contributed by atoms with Gasteiger partial charge in [0.05, 0.1) is 11.1 Å². The number of rotatable bonds is 6. The molecule has 2 aromatic heterocycles. The zero-order valence-corrected chi connectivity index (χ0v) is 24.6. The third kappa shape index (κ3) is 4.95. The molecule has 0 aliphatic carbocycles. The number of nitriles is 1. The number of nitrogens with one attached hydrogen (secondary N) is 2. The van der Waals surface area contributed by atoms with E-state index in [4.69, 9.17) is 11.6 Å². The first-order chi connectivity index (χ1) is 21.9. The number of aromatic nitrogens is 3. The molecule has 0 saturated heterocycles. The van der Waals surface area contributed by atoms with Crippen molar-refractivity contribution in [3.8, 4) is 17.2 Å². The fourth-order valence-electron chi connectivity index (χ4n) is 5.82. The van der Waals surface area contributed by atoms with E-state index in [1.165, 1.54) is 16.9 Å². The molecule has 1 atom stereocenters. The van der Waals surface area contributed by atoms with Gasteiger partial charge in [-0.15, -0.1) is 0 Å². The van der Waals surface area contributed by atoms with Crippen molar-refractivity contribution in [2.45, 2.75) is 25.1 Å². The Bertz CT molecular complexity index is 2150. The topological polar surface area (TPSA) is 112 Å². The number of fused-ring (bicyclic) bond motifs is 2. The van der Waals surface area contributed by atoms with Gasteiger partial charge in [-0.1, -0.05) is 37.2 Å². The van der Waals surface area contributed by atoms with Crippen molar-refractivity contribution >= 4 is 40.8 Å². The Morgan fingerprint density at radius 2 is 1.93 bits per heavy atom. The van der Waals surface area contributed by atoms with Crippen LogP contribution in [0.1, 0.15) is 62.0 Å². The van der Waals surface area contributed by atoms with Crippen LogP contribution in [-0.4, -0.2) is 26.4 Å². The monoisotopic (exact) mass is 644 g/mol. The van der Waals surface area contributed by atoms with Crippen molar-refractivity contribution in [1.82, 2.24) is 19.9 Å². The molecule has 5 aromatic rings. The number of benzene rings is 3. The van der Waals surface area contributed by atoms with Gasteiger partial charge in [-0.3, -0.25) is 9.59 Å². The van der Waals surface area contributed by atoms with E-state index in [2.05, 4.69) is 33.4 Å². The summed E-state index contributed by atoms with van der Waals surface area (Å²) in [6, 6.07) is 15.0. The second kappa shape index (κ2) is 11.1. The molecule has 0 radical (unpaired) electrons. The Morgan fingerprint density at radius 3 is 2.63 bits per heavy atom. The van der Waals surface area contributed by atoms with Gasteiger partial charge in [-0.05, 0) is 72.1 Å². The fraction of sp³-hybridized carbons (Fsp3) is 0.121. The number of amides is 2. The molecular weight excluding hydrogens is 624 g/mol. The minimum absolute atomic E-state index is 0.0261. The molecule has 6 rings (SSSR count). The van der Waals surface area contributed by atoms with E-state index in [9.17, 15) is 32.4 Å². The maximum atomic E-state index is 14.3. The van der Waals surface area contributed by atoms with E-state index >= 15 is 0 Å². The summed E-state index contributed by atoms with van der Waals surface area (Å²) in [4.78, 5) is 31.4. The largest absolute Gasteiger partial charge is 0.416 e. The zero-order valence-electron chi connectivity index (χ0n) is 23.8. The van der Waals surface area contributed by atoms with Crippen LogP contribution in [0.3, 0.4) is 0 Å². The van der Waals surface area contributed by atoms with Gasteiger partial charge in [0.2, 0.25) is 0 Å². The lowest BCUT2D eigenvalue weighted by Gasteiger charge is -2.33. The van der Waals surface area contributed by atoms with Crippen molar-refractivity contribution in [2.75, 3.05) is 5.32 Å². The summed E-state index contributed by atoms with van der Waals surface area (Å²) in [6.45, 7) is 5.59. The second-order valence-electron chi connectivity index (χ2n) is 10.5. The van der Waals surface area contributed by atoms with Gasteiger partial charge in [0.1, 0.15) is 18.2 Å². The van der Waals surface area contributed by atoms with Crippen LogP contribution in [0.5, 0.6) is 0 Å². The molecule has 1 aliphatic heterocycles. The number of nitrogens with zero attached hydrogens (tertiary/aromatic N) is 4. The van der Waals surface area contributed by atoms with Crippen LogP contribution in [0.15, 0.2) is 73.6 Å². The van der Waals surface area contributed by atoms with Crippen LogP contribution in [-0.2, 0) is 11.7 Å². The van der Waals surface area contributed by atoms with E-state index in [1.807, 2.05) is 0 Å². The quantitative estimate of drug-likeness (QED) is 0.188. The van der Waals surface area contributed by atoms with Gasteiger partial charge in [0, 0.05) is 38.5 Å². The van der Waals surface area contributed by atoms with Crippen LogP contribution in [0.25, 0.3) is 22.9 Å². The lowest BCUT2D eigenvalue weighted by molar-refractivity contribution is -0.137. The molecule has 2 amide bonds. The molecule has 3 heterocycles. The molecule has 1 aliphatic rings. The highest BCUT2D eigenvalue weighted by Crippen LogP contribution is 2.48. The summed E-state index contributed by atoms with van der Waals surface area (Å²) >= 11 is 6.69. The molecule has 0 unspecified atom stereocenters. The van der Waals surface area contributed by atoms with Gasteiger partial charge < -0.3 is 10.6 Å². The van der Waals surface area contributed by atoms with Crippen molar-refractivity contribution in [2.24, 2.45) is 0 Å². The van der Waals surface area contributed by atoms with Crippen LogP contribution in [0.2, 0.25) is 5.02 Å². The van der Waals surface area contributed by atoms with Gasteiger partial charge in [0.25, 0.3) is 11.8 Å². The normalized spacial score (nSPS) is 15.7. The van der Waals surface area contributed by atoms with Crippen molar-refractivity contribution in [3.05, 3.63) is 123 Å². The Labute approximate surface area is 263 Å². The number of anilines is 1. The molecule has 230 valence electrons. The molecule has 13 heteroatoms. The molecule has 8 nitrogen and oxygen atoms in total. The number of alkyl halides is 3. The van der Waals surface area contributed by atoms with Crippen molar-refractivity contribution in [3.63, 3.8) is 0 Å². The van der Waals surface area contributed by atoms with Crippen LogP contribution in [0.4, 0.5) is 23.2 Å². The molecule has 46 heavy (non-hydrogen) atoms. The first kappa shape index (κ1) is 30.5. The maximum Gasteiger partial charge on any atom is 0.416 e. The average molecular weight is 645 g/mol. The lowest BCUT2D eigenvalue weighted by atomic mass is 9.79. The maximum absolute atomic E-state index is 14.3. The Balaban J connectivity index is 1.61. The minimum Gasteiger partial charge on any atom is -0.338 e. The van der Waals surface area contributed by atoms with Gasteiger partial charge in [0.15, 0.2) is 11.3 Å². The summed E-state index contributed by atoms with van der Waals surface area (Å²) in [5.74, 6) is -2.85. The first-order valence-corrected chi connectivity index (χ1v) is 14.1. The van der Waals surface area contributed by atoms with Gasteiger partial charge in [-0.2, -0.15) is 23.5 Å². The highest BCUT2D eigenvalue weighted by atomic mass is 35.5. The van der Waals surface area contributed by atoms with Crippen LogP contribution >= 0.6 is 11.6 Å². The predicted molar refractivity (Wildman–Crippen MR) is 163 cm³/mol. The predicted octanol–water partition coefficient (Wildman–Crippen LogP) is 7.37. The average Bonchev–Trinajstić information content (AvgIpc) is 3.63. The van der Waals surface area contributed by atoms with Crippen LogP contribution < -0.4 is 10.6 Å². The smallest absolute Gasteiger partial charge is 0.338 e. The standard InChI is InChI=1S/C33H21ClF4N6O2/c1-3-17-5-7-25(34)24(9-17)32(4-2)29-23(31(46)43-32)12-18(22-6-8-28-40-16-41-44(28)27(22)15-39)13-26(29)42-30(45)19-10-20(33(36,37)38)14-21(35)11-19/h3,5-14,16H,1,4H2,2H3,(H,42,45)(H,43,46)/t32-/m1/s1. The highest BCUT2D eigenvalue weighted by molar-refractivity contribution is 6.31. The fourth-order valence-corrected chi connectivity index (χ4v) is 6.10.